The molecule has 5 nitrogen and oxygen atoms in total. The number of rotatable bonds is 6. The second-order valence-electron chi connectivity index (χ2n) is 5.07. The lowest BCUT2D eigenvalue weighted by Gasteiger charge is -2.18. The minimum absolute atomic E-state index is 0. The molecule has 1 aromatic carbocycles. The number of aliphatic hydroxyl groups is 1. The van der Waals surface area contributed by atoms with Gasteiger partial charge in [0.2, 0.25) is 5.95 Å². The van der Waals surface area contributed by atoms with Crippen LogP contribution in [0.4, 0.5) is 11.8 Å². The SMILES string of the molecule is CCCC[C@@H](CO)Nc1nc(N)nc2cccc(C)c12.S. The highest BCUT2D eigenvalue weighted by molar-refractivity contribution is 7.59. The van der Waals surface area contributed by atoms with Crippen molar-refractivity contribution in [2.75, 3.05) is 17.7 Å². The van der Waals surface area contributed by atoms with Crippen LogP contribution in [-0.4, -0.2) is 27.7 Å². The van der Waals surface area contributed by atoms with Crippen LogP contribution in [0.25, 0.3) is 10.9 Å². The van der Waals surface area contributed by atoms with Gasteiger partial charge in [0, 0.05) is 5.39 Å². The van der Waals surface area contributed by atoms with Crippen molar-refractivity contribution >= 4 is 36.2 Å². The van der Waals surface area contributed by atoms with Gasteiger partial charge in [0.15, 0.2) is 0 Å². The Morgan fingerprint density at radius 2 is 2.10 bits per heavy atom. The molecule has 4 N–H and O–H groups in total. The van der Waals surface area contributed by atoms with Gasteiger partial charge in [-0.2, -0.15) is 18.5 Å². The summed E-state index contributed by atoms with van der Waals surface area (Å²) in [5, 5.41) is 13.8. The third kappa shape index (κ3) is 4.22. The van der Waals surface area contributed by atoms with Crippen LogP contribution in [0, 0.1) is 6.92 Å². The Bertz CT molecular complexity index is 591. The van der Waals surface area contributed by atoms with Crippen molar-refractivity contribution in [3.63, 3.8) is 0 Å². The van der Waals surface area contributed by atoms with Crippen molar-refractivity contribution in [2.45, 2.75) is 39.2 Å². The average molecular weight is 308 g/mol. The maximum Gasteiger partial charge on any atom is 0.222 e. The fourth-order valence-corrected chi connectivity index (χ4v) is 2.33. The van der Waals surface area contributed by atoms with Crippen molar-refractivity contribution in [1.29, 1.82) is 0 Å². The summed E-state index contributed by atoms with van der Waals surface area (Å²) in [7, 11) is 0. The van der Waals surface area contributed by atoms with E-state index in [1.54, 1.807) is 0 Å². The maximum atomic E-state index is 9.49. The number of aliphatic hydroxyl groups excluding tert-OH is 1. The molecule has 116 valence electrons. The summed E-state index contributed by atoms with van der Waals surface area (Å²) < 4.78 is 0. The van der Waals surface area contributed by atoms with Crippen molar-refractivity contribution in [1.82, 2.24) is 9.97 Å². The van der Waals surface area contributed by atoms with E-state index < -0.39 is 0 Å². The molecule has 0 spiro atoms. The number of nitrogens with two attached hydrogens (primary N) is 1. The minimum atomic E-state index is -0.00736. The summed E-state index contributed by atoms with van der Waals surface area (Å²) in [6, 6.07) is 5.89. The van der Waals surface area contributed by atoms with Crippen LogP contribution in [0.2, 0.25) is 0 Å². The molecule has 0 unspecified atom stereocenters. The number of aromatic nitrogens is 2. The van der Waals surface area contributed by atoms with Gasteiger partial charge in [-0.3, -0.25) is 0 Å². The van der Waals surface area contributed by atoms with E-state index in [9.17, 15) is 5.11 Å². The molecular formula is C15H24N4OS. The molecule has 0 saturated carbocycles. The van der Waals surface area contributed by atoms with Crippen LogP contribution < -0.4 is 11.1 Å². The number of anilines is 2. The van der Waals surface area contributed by atoms with E-state index in [1.807, 2.05) is 25.1 Å². The summed E-state index contributed by atoms with van der Waals surface area (Å²) in [5.41, 5.74) is 7.69. The molecule has 2 rings (SSSR count). The van der Waals surface area contributed by atoms with E-state index in [4.69, 9.17) is 5.73 Å². The van der Waals surface area contributed by atoms with Crippen LogP contribution in [0.15, 0.2) is 18.2 Å². The molecule has 0 aliphatic heterocycles. The number of nitrogens with zero attached hydrogens (tertiary/aromatic N) is 2. The number of nitrogens with one attached hydrogen (secondary N) is 1. The lowest BCUT2D eigenvalue weighted by Crippen LogP contribution is -2.24. The lowest BCUT2D eigenvalue weighted by molar-refractivity contribution is 0.267. The van der Waals surface area contributed by atoms with E-state index in [0.717, 1.165) is 35.7 Å². The smallest absolute Gasteiger partial charge is 0.222 e. The predicted octanol–water partition coefficient (Wildman–Crippen LogP) is 2.60. The first kappa shape index (κ1) is 17.5. The zero-order chi connectivity index (χ0) is 14.5. The van der Waals surface area contributed by atoms with E-state index in [1.165, 1.54) is 0 Å². The maximum absolute atomic E-state index is 9.49. The Kier molecular flexibility index (Phi) is 6.71. The minimum Gasteiger partial charge on any atom is -0.394 e. The summed E-state index contributed by atoms with van der Waals surface area (Å²) in [5.74, 6) is 0.957. The molecule has 0 amide bonds. The first-order valence-corrected chi connectivity index (χ1v) is 7.06. The second kappa shape index (κ2) is 8.05. The lowest BCUT2D eigenvalue weighted by atomic mass is 10.1. The second-order valence-corrected chi connectivity index (χ2v) is 5.07. The molecule has 0 saturated heterocycles. The van der Waals surface area contributed by atoms with Crippen LogP contribution in [0.1, 0.15) is 31.7 Å². The summed E-state index contributed by atoms with van der Waals surface area (Å²) in [6.07, 6.45) is 3.07. The molecule has 1 atom stereocenters. The summed E-state index contributed by atoms with van der Waals surface area (Å²) >= 11 is 0. The molecule has 0 fully saturated rings. The number of aryl methyl sites for hydroxylation is 1. The third-order valence-corrected chi connectivity index (χ3v) is 3.42. The highest BCUT2D eigenvalue weighted by Crippen LogP contribution is 2.25. The fourth-order valence-electron chi connectivity index (χ4n) is 2.33. The standard InChI is InChI=1S/C15H22N4O.H2S/c1-3-4-7-11(9-20)17-14-13-10(2)6-5-8-12(13)18-15(16)19-14;/h5-6,8,11,20H,3-4,7,9H2,1-2H3,(H3,16,17,18,19);1H2/t11-;/m0./s1. The Balaban J connectivity index is 0.00000220. The zero-order valence-corrected chi connectivity index (χ0v) is 13.6. The third-order valence-electron chi connectivity index (χ3n) is 3.42. The van der Waals surface area contributed by atoms with Gasteiger partial charge >= 0.3 is 0 Å². The Hall–Kier alpha value is -1.53. The van der Waals surface area contributed by atoms with Crippen LogP contribution >= 0.6 is 13.5 Å². The Labute approximate surface area is 132 Å². The highest BCUT2D eigenvalue weighted by atomic mass is 32.1. The molecule has 0 bridgehead atoms. The first-order chi connectivity index (χ1) is 9.65. The molecule has 1 aromatic heterocycles. The molecule has 0 radical (unpaired) electrons. The number of nitrogen functional groups attached to an aromatic ring is 1. The summed E-state index contributed by atoms with van der Waals surface area (Å²) in [6.45, 7) is 4.24. The van der Waals surface area contributed by atoms with Crippen molar-refractivity contribution < 1.29 is 5.11 Å². The van der Waals surface area contributed by atoms with Gasteiger partial charge in [-0.15, -0.1) is 0 Å². The van der Waals surface area contributed by atoms with Gasteiger partial charge in [0.1, 0.15) is 5.82 Å². The summed E-state index contributed by atoms with van der Waals surface area (Å²) in [4.78, 5) is 8.56. The monoisotopic (exact) mass is 308 g/mol. The average Bonchev–Trinajstić information content (AvgIpc) is 2.42. The van der Waals surface area contributed by atoms with E-state index in [-0.39, 0.29) is 32.1 Å². The molecule has 0 aliphatic carbocycles. The molecular weight excluding hydrogens is 284 g/mol. The first-order valence-electron chi connectivity index (χ1n) is 7.06. The largest absolute Gasteiger partial charge is 0.394 e. The zero-order valence-electron chi connectivity index (χ0n) is 12.6. The number of hydrogen-bond donors (Lipinski definition) is 3. The quantitative estimate of drug-likeness (QED) is 0.764. The van der Waals surface area contributed by atoms with Crippen LogP contribution in [0.3, 0.4) is 0 Å². The van der Waals surface area contributed by atoms with Crippen LogP contribution in [0.5, 0.6) is 0 Å². The number of unbranched alkanes of at least 4 members (excludes halogenated alkanes) is 1. The van der Waals surface area contributed by atoms with Gasteiger partial charge in [-0.05, 0) is 25.0 Å². The molecule has 1 heterocycles. The van der Waals surface area contributed by atoms with Crippen molar-refractivity contribution in [3.8, 4) is 0 Å². The van der Waals surface area contributed by atoms with Crippen molar-refractivity contribution in [3.05, 3.63) is 23.8 Å². The van der Waals surface area contributed by atoms with E-state index in [0.29, 0.717) is 5.82 Å². The van der Waals surface area contributed by atoms with Gasteiger partial charge < -0.3 is 16.2 Å². The Morgan fingerprint density at radius 3 is 2.76 bits per heavy atom. The highest BCUT2D eigenvalue weighted by Gasteiger charge is 2.13. The molecule has 21 heavy (non-hydrogen) atoms. The van der Waals surface area contributed by atoms with Crippen LogP contribution in [-0.2, 0) is 0 Å². The van der Waals surface area contributed by atoms with Gasteiger partial charge in [0.25, 0.3) is 0 Å². The Morgan fingerprint density at radius 1 is 1.33 bits per heavy atom. The van der Waals surface area contributed by atoms with Crippen molar-refractivity contribution in [2.24, 2.45) is 0 Å². The molecule has 0 aliphatic rings. The predicted molar refractivity (Wildman–Crippen MR) is 93.1 cm³/mol. The van der Waals surface area contributed by atoms with Gasteiger partial charge in [0.05, 0.1) is 18.2 Å². The van der Waals surface area contributed by atoms with Gasteiger partial charge in [-0.25, -0.2) is 4.98 Å². The normalized spacial score (nSPS) is 12.0. The number of benzene rings is 1. The van der Waals surface area contributed by atoms with E-state index in [2.05, 4.69) is 22.2 Å². The fraction of sp³-hybridized carbons (Fsp3) is 0.467. The van der Waals surface area contributed by atoms with E-state index >= 15 is 0 Å². The number of hydrogen-bond acceptors (Lipinski definition) is 5. The number of fused-ring (bicyclic) bond motifs is 1. The molecule has 2 aromatic rings. The molecule has 6 heteroatoms. The van der Waals surface area contributed by atoms with Gasteiger partial charge in [-0.1, -0.05) is 31.9 Å². The topological polar surface area (TPSA) is 84.1 Å².